The van der Waals surface area contributed by atoms with Gasteiger partial charge in [-0.3, -0.25) is 0 Å². The average molecular weight is 618 g/mol. The zero-order valence-electron chi connectivity index (χ0n) is 16.3. The maximum atomic E-state index is 13.8. The molecule has 2 aromatic rings. The van der Waals surface area contributed by atoms with Gasteiger partial charge in [-0.05, 0) is 75.3 Å². The molecule has 2 saturated carbocycles. The summed E-state index contributed by atoms with van der Waals surface area (Å²) >= 11 is 11.5. The van der Waals surface area contributed by atoms with Crippen molar-refractivity contribution in [1.29, 1.82) is 0 Å². The summed E-state index contributed by atoms with van der Waals surface area (Å²) in [6, 6.07) is 11.7. The van der Waals surface area contributed by atoms with Gasteiger partial charge in [-0.2, -0.15) is 4.36 Å². The first kappa shape index (κ1) is 21.2. The van der Waals surface area contributed by atoms with E-state index in [9.17, 15) is 9.00 Å². The number of hydrogen-bond donors (Lipinski definition) is 0. The number of nitrogens with zero attached hydrogens (tertiary/aromatic N) is 1. The molecule has 30 heavy (non-hydrogen) atoms. The lowest BCUT2D eigenvalue weighted by Gasteiger charge is -2.40. The number of halogens is 3. The lowest BCUT2D eigenvalue weighted by molar-refractivity contribution is 0.0600. The molecule has 0 unspecified atom stereocenters. The summed E-state index contributed by atoms with van der Waals surface area (Å²) < 4.78 is 24.3. The van der Waals surface area contributed by atoms with Crippen LogP contribution < -0.4 is 0 Å². The van der Waals surface area contributed by atoms with Gasteiger partial charge in [0.15, 0.2) is 0 Å². The zero-order chi connectivity index (χ0) is 21.4. The van der Waals surface area contributed by atoms with E-state index in [1.807, 2.05) is 24.3 Å². The molecule has 1 aliphatic heterocycles. The van der Waals surface area contributed by atoms with Gasteiger partial charge in [0.1, 0.15) is 0 Å². The summed E-state index contributed by atoms with van der Waals surface area (Å²) in [5, 5.41) is 0. The first-order valence-electron chi connectivity index (χ1n) is 9.75. The third-order valence-electron chi connectivity index (χ3n) is 6.80. The number of carbonyl (C=O) groups excluding carboxylic acids is 1. The van der Waals surface area contributed by atoms with Crippen LogP contribution in [0.25, 0.3) is 0 Å². The molecule has 2 fully saturated rings. The van der Waals surface area contributed by atoms with Gasteiger partial charge >= 0.3 is 5.97 Å². The predicted molar refractivity (Wildman–Crippen MR) is 129 cm³/mol. The molecule has 0 amide bonds. The summed E-state index contributed by atoms with van der Waals surface area (Å²) in [5.74, 6) is 0.791. The largest absolute Gasteiger partial charge is 0.465 e. The van der Waals surface area contributed by atoms with E-state index in [-0.39, 0.29) is 17.8 Å². The lowest BCUT2D eigenvalue weighted by Crippen LogP contribution is -2.34. The van der Waals surface area contributed by atoms with Crippen LogP contribution >= 0.6 is 47.8 Å². The van der Waals surface area contributed by atoms with E-state index in [0.717, 1.165) is 22.4 Å². The van der Waals surface area contributed by atoms with E-state index in [1.165, 1.54) is 7.11 Å². The molecule has 0 N–H and O–H groups in total. The summed E-state index contributed by atoms with van der Waals surface area (Å²) in [4.78, 5) is 13.9. The Morgan fingerprint density at radius 3 is 2.40 bits per heavy atom. The van der Waals surface area contributed by atoms with Gasteiger partial charge in [0.05, 0.1) is 33.0 Å². The summed E-state index contributed by atoms with van der Waals surface area (Å²) in [6.45, 7) is 0. The van der Waals surface area contributed by atoms with Crippen molar-refractivity contribution in [2.24, 2.45) is 16.2 Å². The van der Waals surface area contributed by atoms with Gasteiger partial charge < -0.3 is 4.74 Å². The molecule has 1 heterocycles. The van der Waals surface area contributed by atoms with Gasteiger partial charge in [0, 0.05) is 20.4 Å². The third kappa shape index (κ3) is 3.00. The molecule has 2 bridgehead atoms. The number of rotatable bonds is 1. The fraction of sp³-hybridized carbons (Fsp3) is 0.409. The van der Waals surface area contributed by atoms with Crippen LogP contribution in [0.2, 0.25) is 0 Å². The normalized spacial score (nSPS) is 36.0. The minimum Gasteiger partial charge on any atom is -0.465 e. The Labute approximate surface area is 201 Å². The molecule has 0 spiro atoms. The highest BCUT2D eigenvalue weighted by atomic mass is 79.9. The number of methoxy groups -OCH3 is 1. The standard InChI is InChI=1S/C22H20Br3NO3S/c1-29-22(27)10-7-14-18-13-9-12(19(24)20(13)25)17(18)11-5-3-4-6-16(11)30(2,28)26-21(14)15(23)8-10/h3-8,12-13,17-20H,9H2,1-2H3/t12-,13+,17+,18+,19-,20-,30-/m0/s1. The monoisotopic (exact) mass is 615 g/mol. The van der Waals surface area contributed by atoms with Gasteiger partial charge in [-0.15, -0.1) is 0 Å². The van der Waals surface area contributed by atoms with Crippen LogP contribution in [0.3, 0.4) is 0 Å². The predicted octanol–water partition coefficient (Wildman–Crippen LogP) is 6.38. The molecule has 3 aliphatic rings. The first-order valence-corrected chi connectivity index (χ1v) is 14.3. The van der Waals surface area contributed by atoms with Crippen molar-refractivity contribution in [3.8, 4) is 0 Å². The van der Waals surface area contributed by atoms with Crippen molar-refractivity contribution in [1.82, 2.24) is 0 Å². The molecule has 2 aromatic carbocycles. The van der Waals surface area contributed by atoms with Crippen LogP contribution in [0.5, 0.6) is 0 Å². The van der Waals surface area contributed by atoms with Crippen molar-refractivity contribution in [2.75, 3.05) is 13.4 Å². The van der Waals surface area contributed by atoms with Crippen LogP contribution in [0.1, 0.15) is 39.7 Å². The molecular weight excluding hydrogens is 598 g/mol. The number of esters is 1. The fourth-order valence-electron chi connectivity index (χ4n) is 5.65. The SMILES string of the molecule is COC(=O)c1cc(Br)c2c(c1)[C@H]1[C@H]3C[C@H]([C@H](Br)[C@H]3Br)[C@H]1c1ccccc1[S@](C)(=O)=N2. The van der Waals surface area contributed by atoms with Crippen LogP contribution in [0.15, 0.2) is 50.1 Å². The molecule has 0 saturated heterocycles. The number of benzene rings is 2. The highest BCUT2D eigenvalue weighted by molar-refractivity contribution is 9.12. The Hall–Kier alpha value is -0.700. The van der Waals surface area contributed by atoms with Crippen molar-refractivity contribution in [2.45, 2.75) is 32.8 Å². The molecule has 2 aliphatic carbocycles. The average Bonchev–Trinajstić information content (AvgIpc) is 3.24. The molecule has 0 radical (unpaired) electrons. The number of alkyl halides is 2. The molecule has 4 nitrogen and oxygen atoms in total. The van der Waals surface area contributed by atoms with E-state index in [0.29, 0.717) is 37.2 Å². The maximum Gasteiger partial charge on any atom is 0.337 e. The minimum absolute atomic E-state index is 0.171. The van der Waals surface area contributed by atoms with Crippen molar-refractivity contribution in [3.05, 3.63) is 57.6 Å². The van der Waals surface area contributed by atoms with E-state index in [4.69, 9.17) is 9.10 Å². The fourth-order valence-corrected chi connectivity index (χ4v) is 9.83. The Morgan fingerprint density at radius 2 is 1.73 bits per heavy atom. The van der Waals surface area contributed by atoms with Gasteiger partial charge in [-0.1, -0.05) is 50.1 Å². The third-order valence-corrected chi connectivity index (χ3v) is 12.3. The van der Waals surface area contributed by atoms with Crippen molar-refractivity contribution < 1.29 is 13.7 Å². The Bertz CT molecular complexity index is 1190. The molecule has 8 heteroatoms. The molecule has 7 atom stereocenters. The number of ether oxygens (including phenoxy) is 1. The quantitative estimate of drug-likeness (QED) is 0.276. The number of fused-ring (bicyclic) bond motifs is 9. The topological polar surface area (TPSA) is 55.7 Å². The van der Waals surface area contributed by atoms with Crippen LogP contribution in [0.4, 0.5) is 5.69 Å². The second-order valence-corrected chi connectivity index (χ2v) is 13.5. The lowest BCUT2D eigenvalue weighted by atomic mass is 9.71. The minimum atomic E-state index is -2.66. The summed E-state index contributed by atoms with van der Waals surface area (Å²) in [6.07, 6.45) is 2.78. The Balaban J connectivity index is 1.86. The van der Waals surface area contributed by atoms with E-state index in [2.05, 4.69) is 53.9 Å². The van der Waals surface area contributed by atoms with E-state index >= 15 is 0 Å². The summed E-state index contributed by atoms with van der Waals surface area (Å²) in [7, 11) is -1.28. The van der Waals surface area contributed by atoms with Crippen LogP contribution in [0, 0.1) is 11.8 Å². The number of hydrogen-bond acceptors (Lipinski definition) is 4. The van der Waals surface area contributed by atoms with Crippen molar-refractivity contribution in [3.63, 3.8) is 0 Å². The zero-order valence-corrected chi connectivity index (χ0v) is 21.9. The maximum absolute atomic E-state index is 13.8. The smallest absolute Gasteiger partial charge is 0.337 e. The van der Waals surface area contributed by atoms with Gasteiger partial charge in [-0.25, -0.2) is 9.00 Å². The molecule has 5 rings (SSSR count). The highest BCUT2D eigenvalue weighted by Crippen LogP contribution is 2.66. The van der Waals surface area contributed by atoms with E-state index in [1.54, 1.807) is 12.3 Å². The summed E-state index contributed by atoms with van der Waals surface area (Å²) in [5.41, 5.74) is 3.28. The molecule has 0 aromatic heterocycles. The second kappa shape index (κ2) is 7.42. The van der Waals surface area contributed by atoms with Crippen LogP contribution in [-0.4, -0.2) is 33.2 Å². The molecular formula is C22H20Br3NO3S. The van der Waals surface area contributed by atoms with Crippen molar-refractivity contribution >= 4 is 69.2 Å². The Morgan fingerprint density at radius 1 is 1.10 bits per heavy atom. The number of carbonyl (C=O) groups is 1. The second-order valence-electron chi connectivity index (χ2n) is 8.32. The first-order chi connectivity index (χ1) is 14.2. The van der Waals surface area contributed by atoms with Gasteiger partial charge in [0.2, 0.25) is 0 Å². The van der Waals surface area contributed by atoms with E-state index < -0.39 is 9.73 Å². The molecule has 158 valence electrons. The van der Waals surface area contributed by atoms with Gasteiger partial charge in [0.25, 0.3) is 0 Å². The highest BCUT2D eigenvalue weighted by Gasteiger charge is 2.58. The Kier molecular flexibility index (Phi) is 5.24. The van der Waals surface area contributed by atoms with Crippen LogP contribution in [-0.2, 0) is 14.5 Å².